The van der Waals surface area contributed by atoms with Crippen LogP contribution in [0.4, 0.5) is 5.69 Å². The lowest BCUT2D eigenvalue weighted by Gasteiger charge is -2.05. The van der Waals surface area contributed by atoms with Gasteiger partial charge in [0.1, 0.15) is 5.75 Å². The number of aromatic hydroxyl groups is 1. The minimum Gasteiger partial charge on any atom is -0.508 e. The molecule has 0 aliphatic heterocycles. The van der Waals surface area contributed by atoms with E-state index in [2.05, 4.69) is 17.3 Å². The molecule has 0 fully saturated rings. The van der Waals surface area contributed by atoms with Gasteiger partial charge in [0, 0.05) is 19.3 Å². The summed E-state index contributed by atoms with van der Waals surface area (Å²) in [5.74, 6) is 0.297. The Morgan fingerprint density at radius 3 is 2.88 bits per heavy atom. The molecule has 0 spiro atoms. The van der Waals surface area contributed by atoms with Crippen LogP contribution < -0.4 is 5.32 Å². The lowest BCUT2D eigenvalue weighted by molar-refractivity contribution is 0.474. The second-order valence-corrected chi connectivity index (χ2v) is 4.01. The molecule has 0 bridgehead atoms. The summed E-state index contributed by atoms with van der Waals surface area (Å²) in [6.45, 7) is 5.60. The fourth-order valence-electron chi connectivity index (χ4n) is 1.72. The van der Waals surface area contributed by atoms with Crippen molar-refractivity contribution in [3.63, 3.8) is 0 Å². The molecule has 1 heterocycles. The molecule has 1 aromatic heterocycles. The second-order valence-electron chi connectivity index (χ2n) is 4.01. The molecular weight excluding hydrogens is 214 g/mol. The molecular formula is C13H17N3O. The highest BCUT2D eigenvalue weighted by Gasteiger charge is 2.03. The summed E-state index contributed by atoms with van der Waals surface area (Å²) in [6.07, 6.45) is 2.00. The zero-order valence-corrected chi connectivity index (χ0v) is 10.1. The third kappa shape index (κ3) is 2.78. The summed E-state index contributed by atoms with van der Waals surface area (Å²) >= 11 is 0. The van der Waals surface area contributed by atoms with Crippen molar-refractivity contribution in [2.45, 2.75) is 26.9 Å². The number of rotatable bonds is 4. The van der Waals surface area contributed by atoms with E-state index >= 15 is 0 Å². The van der Waals surface area contributed by atoms with Gasteiger partial charge in [-0.05, 0) is 31.5 Å². The van der Waals surface area contributed by atoms with Gasteiger partial charge < -0.3 is 10.4 Å². The summed E-state index contributed by atoms with van der Waals surface area (Å²) in [4.78, 5) is 0. The number of phenolic OH excluding ortho intramolecular Hbond substituents is 1. The van der Waals surface area contributed by atoms with Crippen molar-refractivity contribution in [1.82, 2.24) is 9.78 Å². The molecule has 90 valence electrons. The monoisotopic (exact) mass is 231 g/mol. The summed E-state index contributed by atoms with van der Waals surface area (Å²) < 4.78 is 1.90. The minimum absolute atomic E-state index is 0.297. The molecule has 4 nitrogen and oxygen atoms in total. The fraction of sp³-hybridized carbons (Fsp3) is 0.308. The van der Waals surface area contributed by atoms with Crippen LogP contribution >= 0.6 is 0 Å². The first-order chi connectivity index (χ1) is 8.19. The first kappa shape index (κ1) is 11.5. The predicted molar refractivity (Wildman–Crippen MR) is 68.1 cm³/mol. The minimum atomic E-state index is 0.297. The topological polar surface area (TPSA) is 50.1 Å². The van der Waals surface area contributed by atoms with Gasteiger partial charge in [-0.3, -0.25) is 4.68 Å². The molecule has 0 saturated carbocycles. The molecule has 0 aliphatic rings. The van der Waals surface area contributed by atoms with Crippen LogP contribution in [0.1, 0.15) is 18.2 Å². The van der Waals surface area contributed by atoms with Gasteiger partial charge in [-0.1, -0.05) is 12.1 Å². The zero-order valence-electron chi connectivity index (χ0n) is 10.1. The number of hydrogen-bond acceptors (Lipinski definition) is 3. The maximum absolute atomic E-state index is 9.36. The van der Waals surface area contributed by atoms with E-state index in [0.29, 0.717) is 12.3 Å². The lowest BCUT2D eigenvalue weighted by Crippen LogP contribution is -1.99. The van der Waals surface area contributed by atoms with Crippen molar-refractivity contribution < 1.29 is 5.11 Å². The van der Waals surface area contributed by atoms with Crippen LogP contribution in [0.25, 0.3) is 0 Å². The Hall–Kier alpha value is -1.97. The van der Waals surface area contributed by atoms with Crippen LogP contribution in [0.3, 0.4) is 0 Å². The quantitative estimate of drug-likeness (QED) is 0.850. The fourth-order valence-corrected chi connectivity index (χ4v) is 1.72. The molecule has 0 aliphatic carbocycles. The van der Waals surface area contributed by atoms with Gasteiger partial charge in [0.25, 0.3) is 0 Å². The highest BCUT2D eigenvalue weighted by atomic mass is 16.3. The lowest BCUT2D eigenvalue weighted by atomic mass is 10.2. The molecule has 0 atom stereocenters. The summed E-state index contributed by atoms with van der Waals surface area (Å²) in [5, 5.41) is 17.0. The molecule has 0 saturated heterocycles. The Morgan fingerprint density at radius 1 is 1.41 bits per heavy atom. The number of hydrogen-bond donors (Lipinski definition) is 2. The SMILES string of the molecule is CCn1cc(NCc2cccc(O)c2)c(C)n1. The van der Waals surface area contributed by atoms with Gasteiger partial charge in [0.15, 0.2) is 0 Å². The van der Waals surface area contributed by atoms with E-state index in [-0.39, 0.29) is 0 Å². The Labute approximate surface area is 101 Å². The number of phenols is 1. The summed E-state index contributed by atoms with van der Waals surface area (Å²) in [6, 6.07) is 7.25. The maximum atomic E-state index is 9.36. The average molecular weight is 231 g/mol. The molecule has 4 heteroatoms. The number of aryl methyl sites for hydroxylation is 2. The number of aromatic nitrogens is 2. The van der Waals surface area contributed by atoms with Crippen molar-refractivity contribution in [3.05, 3.63) is 41.7 Å². The van der Waals surface area contributed by atoms with Gasteiger partial charge in [0.2, 0.25) is 0 Å². The van der Waals surface area contributed by atoms with Crippen LogP contribution in [-0.4, -0.2) is 14.9 Å². The van der Waals surface area contributed by atoms with Crippen LogP contribution in [0.15, 0.2) is 30.5 Å². The molecule has 17 heavy (non-hydrogen) atoms. The predicted octanol–water partition coefficient (Wildman–Crippen LogP) is 2.53. The zero-order chi connectivity index (χ0) is 12.3. The van der Waals surface area contributed by atoms with Crippen LogP contribution in [-0.2, 0) is 13.1 Å². The third-order valence-corrected chi connectivity index (χ3v) is 2.66. The normalized spacial score (nSPS) is 10.5. The second kappa shape index (κ2) is 4.91. The number of anilines is 1. The van der Waals surface area contributed by atoms with E-state index in [9.17, 15) is 5.11 Å². The molecule has 2 aromatic rings. The van der Waals surface area contributed by atoms with E-state index in [0.717, 1.165) is 23.5 Å². The Bertz CT molecular complexity index is 505. The van der Waals surface area contributed by atoms with Gasteiger partial charge in [-0.15, -0.1) is 0 Å². The van der Waals surface area contributed by atoms with E-state index in [1.807, 2.05) is 29.9 Å². The highest BCUT2D eigenvalue weighted by Crippen LogP contribution is 2.16. The molecule has 2 rings (SSSR count). The molecule has 0 unspecified atom stereocenters. The van der Waals surface area contributed by atoms with Crippen molar-refractivity contribution in [1.29, 1.82) is 0 Å². The van der Waals surface area contributed by atoms with E-state index in [1.165, 1.54) is 0 Å². The van der Waals surface area contributed by atoms with E-state index < -0.39 is 0 Å². The molecule has 0 amide bonds. The number of nitrogens with one attached hydrogen (secondary N) is 1. The Kier molecular flexibility index (Phi) is 3.32. The summed E-state index contributed by atoms with van der Waals surface area (Å²) in [5.41, 5.74) is 3.08. The maximum Gasteiger partial charge on any atom is 0.115 e. The number of benzene rings is 1. The van der Waals surface area contributed by atoms with Crippen molar-refractivity contribution in [3.8, 4) is 5.75 Å². The van der Waals surface area contributed by atoms with E-state index in [4.69, 9.17) is 0 Å². The van der Waals surface area contributed by atoms with Crippen molar-refractivity contribution in [2.75, 3.05) is 5.32 Å². The van der Waals surface area contributed by atoms with Crippen molar-refractivity contribution >= 4 is 5.69 Å². The van der Waals surface area contributed by atoms with Gasteiger partial charge >= 0.3 is 0 Å². The first-order valence-electron chi connectivity index (χ1n) is 5.75. The van der Waals surface area contributed by atoms with Crippen molar-refractivity contribution in [2.24, 2.45) is 0 Å². The van der Waals surface area contributed by atoms with Crippen LogP contribution in [0.5, 0.6) is 5.75 Å². The average Bonchev–Trinajstić information content (AvgIpc) is 2.68. The summed E-state index contributed by atoms with van der Waals surface area (Å²) in [7, 11) is 0. The number of nitrogens with zero attached hydrogens (tertiary/aromatic N) is 2. The van der Waals surface area contributed by atoms with E-state index in [1.54, 1.807) is 12.1 Å². The Balaban J connectivity index is 2.04. The standard InChI is InChI=1S/C13H17N3O/c1-3-16-9-13(10(2)15-16)14-8-11-5-4-6-12(17)7-11/h4-7,9,14,17H,3,8H2,1-2H3. The van der Waals surface area contributed by atoms with Gasteiger partial charge in [0.05, 0.1) is 11.4 Å². The molecule has 2 N–H and O–H groups in total. The van der Waals surface area contributed by atoms with Gasteiger partial charge in [-0.2, -0.15) is 5.10 Å². The van der Waals surface area contributed by atoms with Crippen LogP contribution in [0.2, 0.25) is 0 Å². The molecule has 0 radical (unpaired) electrons. The van der Waals surface area contributed by atoms with Crippen LogP contribution in [0, 0.1) is 6.92 Å². The Morgan fingerprint density at radius 2 is 2.24 bits per heavy atom. The first-order valence-corrected chi connectivity index (χ1v) is 5.75. The highest BCUT2D eigenvalue weighted by molar-refractivity contribution is 5.46. The van der Waals surface area contributed by atoms with Gasteiger partial charge in [-0.25, -0.2) is 0 Å². The molecule has 1 aromatic carbocycles. The third-order valence-electron chi connectivity index (χ3n) is 2.66. The largest absolute Gasteiger partial charge is 0.508 e. The smallest absolute Gasteiger partial charge is 0.115 e.